The lowest BCUT2D eigenvalue weighted by Crippen LogP contribution is -2.26. The van der Waals surface area contributed by atoms with Crippen molar-refractivity contribution < 1.29 is 9.53 Å². The van der Waals surface area contributed by atoms with Crippen molar-refractivity contribution in [1.82, 2.24) is 5.01 Å². The van der Waals surface area contributed by atoms with Crippen LogP contribution < -0.4 is 0 Å². The molecule has 0 saturated heterocycles. The van der Waals surface area contributed by atoms with E-state index in [4.69, 9.17) is 4.74 Å². The third kappa shape index (κ3) is 2.77. The standard InChI is InChI=1S/C21H23N3O2/c1-13(2)21(25)26-18-12-14-8-4-5-9-15(14)20-19(22-23-24(20)3)17-11-7-6-10-16(17)18/h4-11,13,18-20H,12H2,1-3H3. The SMILES string of the molecule is CC(C)C(=O)OC1Cc2ccccc2C2C(N=NN2C)c2ccccc21. The van der Waals surface area contributed by atoms with Crippen LogP contribution in [0.4, 0.5) is 0 Å². The fourth-order valence-electron chi connectivity index (χ4n) is 3.84. The van der Waals surface area contributed by atoms with E-state index >= 15 is 0 Å². The Kier molecular flexibility index (Phi) is 4.23. The molecule has 0 N–H and O–H groups in total. The Labute approximate surface area is 153 Å². The molecule has 3 unspecified atom stereocenters. The van der Waals surface area contributed by atoms with Gasteiger partial charge < -0.3 is 4.74 Å². The molecule has 0 aromatic heterocycles. The summed E-state index contributed by atoms with van der Waals surface area (Å²) < 4.78 is 5.92. The Morgan fingerprint density at radius 3 is 2.46 bits per heavy atom. The Morgan fingerprint density at radius 1 is 1.08 bits per heavy atom. The summed E-state index contributed by atoms with van der Waals surface area (Å²) in [5.74, 6) is -0.336. The van der Waals surface area contributed by atoms with Gasteiger partial charge in [0.2, 0.25) is 0 Å². The summed E-state index contributed by atoms with van der Waals surface area (Å²) >= 11 is 0. The first kappa shape index (κ1) is 16.8. The van der Waals surface area contributed by atoms with Crippen LogP contribution in [0, 0.1) is 5.92 Å². The van der Waals surface area contributed by atoms with Crippen LogP contribution in [0.15, 0.2) is 58.9 Å². The number of ether oxygens (including phenoxy) is 1. The quantitative estimate of drug-likeness (QED) is 0.746. The first-order chi connectivity index (χ1) is 12.6. The summed E-state index contributed by atoms with van der Waals surface area (Å²) in [5.41, 5.74) is 4.49. The van der Waals surface area contributed by atoms with Gasteiger partial charge in [-0.25, -0.2) is 0 Å². The molecule has 1 aliphatic carbocycles. The minimum Gasteiger partial charge on any atom is -0.457 e. The molecule has 3 atom stereocenters. The average Bonchev–Trinajstić information content (AvgIpc) is 3.01. The van der Waals surface area contributed by atoms with Gasteiger partial charge in [-0.05, 0) is 22.3 Å². The highest BCUT2D eigenvalue weighted by atomic mass is 16.5. The molecule has 1 heterocycles. The average molecular weight is 349 g/mol. The van der Waals surface area contributed by atoms with Crippen LogP contribution in [-0.4, -0.2) is 18.0 Å². The van der Waals surface area contributed by atoms with Crippen molar-refractivity contribution in [2.75, 3.05) is 7.05 Å². The Bertz CT molecular complexity index is 862. The molecule has 2 aromatic rings. The molecule has 5 nitrogen and oxygen atoms in total. The van der Waals surface area contributed by atoms with Crippen LogP contribution in [0.2, 0.25) is 0 Å². The van der Waals surface area contributed by atoms with E-state index in [-0.39, 0.29) is 30.1 Å². The first-order valence-corrected chi connectivity index (χ1v) is 9.07. The Balaban J connectivity index is 1.85. The fraction of sp³-hybridized carbons (Fsp3) is 0.381. The molecule has 0 amide bonds. The molecule has 134 valence electrons. The summed E-state index contributed by atoms with van der Waals surface area (Å²) in [5, 5.41) is 10.8. The van der Waals surface area contributed by atoms with Crippen LogP contribution >= 0.6 is 0 Å². The highest BCUT2D eigenvalue weighted by Crippen LogP contribution is 2.47. The van der Waals surface area contributed by atoms with E-state index < -0.39 is 0 Å². The Morgan fingerprint density at radius 2 is 1.73 bits per heavy atom. The van der Waals surface area contributed by atoms with Crippen LogP contribution in [-0.2, 0) is 16.0 Å². The Hall–Kier alpha value is -2.69. The number of likely N-dealkylation sites (N-methyl/N-ethyl adjacent to an activating group) is 1. The number of benzene rings is 2. The zero-order chi connectivity index (χ0) is 18.3. The molecule has 1 aliphatic heterocycles. The zero-order valence-corrected chi connectivity index (χ0v) is 15.3. The second-order valence-corrected chi connectivity index (χ2v) is 7.28. The number of fused-ring (bicyclic) bond motifs is 5. The second kappa shape index (κ2) is 6.56. The molecule has 26 heavy (non-hydrogen) atoms. The van der Waals surface area contributed by atoms with Gasteiger partial charge in [0.15, 0.2) is 0 Å². The van der Waals surface area contributed by atoms with E-state index in [0.717, 1.165) is 11.1 Å². The van der Waals surface area contributed by atoms with Crippen molar-refractivity contribution in [3.05, 3.63) is 70.8 Å². The van der Waals surface area contributed by atoms with Gasteiger partial charge in [0.25, 0.3) is 0 Å². The van der Waals surface area contributed by atoms with E-state index in [1.807, 2.05) is 56.2 Å². The van der Waals surface area contributed by atoms with E-state index in [9.17, 15) is 4.79 Å². The van der Waals surface area contributed by atoms with Gasteiger partial charge in [0.1, 0.15) is 18.2 Å². The van der Waals surface area contributed by atoms with Crippen LogP contribution in [0.1, 0.15) is 54.3 Å². The minimum absolute atomic E-state index is 0.0640. The third-order valence-corrected chi connectivity index (χ3v) is 5.19. The van der Waals surface area contributed by atoms with Gasteiger partial charge >= 0.3 is 5.97 Å². The third-order valence-electron chi connectivity index (χ3n) is 5.19. The normalized spacial score (nSPS) is 23.7. The van der Waals surface area contributed by atoms with Crippen LogP contribution in [0.5, 0.6) is 0 Å². The molecular weight excluding hydrogens is 326 g/mol. The number of esters is 1. The number of hydrogen-bond acceptors (Lipinski definition) is 5. The topological polar surface area (TPSA) is 54.3 Å². The van der Waals surface area contributed by atoms with Crippen LogP contribution in [0.25, 0.3) is 0 Å². The molecular formula is C21H23N3O2. The molecule has 2 aromatic carbocycles. The summed E-state index contributed by atoms with van der Waals surface area (Å²) in [4.78, 5) is 12.3. The molecule has 0 saturated carbocycles. The maximum atomic E-state index is 12.3. The maximum Gasteiger partial charge on any atom is 0.308 e. The summed E-state index contributed by atoms with van der Waals surface area (Å²) in [6, 6.07) is 16.4. The highest BCUT2D eigenvalue weighted by Gasteiger charge is 2.39. The van der Waals surface area contributed by atoms with Crippen molar-refractivity contribution in [2.45, 2.75) is 38.5 Å². The lowest BCUT2D eigenvalue weighted by Gasteiger charge is -2.32. The van der Waals surface area contributed by atoms with Crippen molar-refractivity contribution in [3.63, 3.8) is 0 Å². The zero-order valence-electron chi connectivity index (χ0n) is 15.3. The van der Waals surface area contributed by atoms with Gasteiger partial charge in [-0.1, -0.05) is 67.6 Å². The van der Waals surface area contributed by atoms with Gasteiger partial charge in [-0.2, -0.15) is 5.11 Å². The number of carbonyl (C=O) groups excluding carboxylic acids is 1. The van der Waals surface area contributed by atoms with Crippen molar-refractivity contribution in [2.24, 2.45) is 16.3 Å². The number of nitrogens with zero attached hydrogens (tertiary/aromatic N) is 3. The lowest BCUT2D eigenvalue weighted by atomic mass is 9.82. The van der Waals surface area contributed by atoms with Gasteiger partial charge in [0.05, 0.1) is 5.92 Å². The van der Waals surface area contributed by atoms with E-state index in [1.54, 1.807) is 0 Å². The molecule has 5 heteroatoms. The minimum atomic E-state index is -0.315. The van der Waals surface area contributed by atoms with Crippen molar-refractivity contribution in [1.29, 1.82) is 0 Å². The lowest BCUT2D eigenvalue weighted by molar-refractivity contribution is -0.153. The predicted octanol–water partition coefficient (Wildman–Crippen LogP) is 4.58. The molecule has 0 radical (unpaired) electrons. The first-order valence-electron chi connectivity index (χ1n) is 9.07. The number of hydrogen-bond donors (Lipinski definition) is 0. The second-order valence-electron chi connectivity index (χ2n) is 7.28. The van der Waals surface area contributed by atoms with Crippen LogP contribution in [0.3, 0.4) is 0 Å². The van der Waals surface area contributed by atoms with Gasteiger partial charge in [-0.3, -0.25) is 9.80 Å². The number of rotatable bonds is 2. The number of carbonyl (C=O) groups is 1. The largest absolute Gasteiger partial charge is 0.457 e. The molecule has 0 fully saturated rings. The van der Waals surface area contributed by atoms with Gasteiger partial charge in [-0.15, -0.1) is 0 Å². The monoisotopic (exact) mass is 349 g/mol. The molecule has 0 spiro atoms. The van der Waals surface area contributed by atoms with Crippen molar-refractivity contribution in [3.8, 4) is 0 Å². The summed E-state index contributed by atoms with van der Waals surface area (Å²) in [7, 11) is 1.96. The van der Waals surface area contributed by atoms with E-state index in [0.29, 0.717) is 6.42 Å². The summed E-state index contributed by atoms with van der Waals surface area (Å²) in [6.07, 6.45) is 0.340. The highest BCUT2D eigenvalue weighted by molar-refractivity contribution is 5.72. The smallest absolute Gasteiger partial charge is 0.308 e. The summed E-state index contributed by atoms with van der Waals surface area (Å²) in [6.45, 7) is 3.72. The van der Waals surface area contributed by atoms with Crippen molar-refractivity contribution >= 4 is 5.97 Å². The molecule has 2 aliphatic rings. The van der Waals surface area contributed by atoms with E-state index in [1.165, 1.54) is 11.1 Å². The molecule has 4 rings (SSSR count). The molecule has 0 bridgehead atoms. The van der Waals surface area contributed by atoms with E-state index in [2.05, 4.69) is 28.5 Å². The van der Waals surface area contributed by atoms with Gasteiger partial charge in [0, 0.05) is 13.5 Å². The predicted molar refractivity (Wildman–Crippen MR) is 98.4 cm³/mol. The fourth-order valence-corrected chi connectivity index (χ4v) is 3.84. The maximum absolute atomic E-state index is 12.3.